The molecular weight excluding hydrogens is 332 g/mol. The molecule has 4 rings (SSSR count). The summed E-state index contributed by atoms with van der Waals surface area (Å²) >= 11 is 0. The summed E-state index contributed by atoms with van der Waals surface area (Å²) in [6, 6.07) is 7.30. The second-order valence-corrected chi connectivity index (χ2v) is 6.98. The molecule has 7 nitrogen and oxygen atoms in total. The number of hydrogen-bond donors (Lipinski definition) is 0. The molecule has 0 N–H and O–H groups in total. The van der Waals surface area contributed by atoms with E-state index in [4.69, 9.17) is 4.42 Å². The molecule has 4 heterocycles. The summed E-state index contributed by atoms with van der Waals surface area (Å²) in [5.74, 6) is 0.827. The SMILES string of the molecule is CN1C(=O)N(Cc2cccnc2)C(=O)C12CCN(Cc1ccco1)CC2. The topological polar surface area (TPSA) is 69.9 Å². The first kappa shape index (κ1) is 16.8. The first-order valence-electron chi connectivity index (χ1n) is 8.83. The number of furan rings is 1. The Hall–Kier alpha value is -2.67. The third-order valence-corrected chi connectivity index (χ3v) is 5.51. The molecule has 136 valence electrons. The van der Waals surface area contributed by atoms with Crippen molar-refractivity contribution in [2.75, 3.05) is 20.1 Å². The number of urea groups is 1. The molecule has 3 amide bonds. The van der Waals surface area contributed by atoms with Gasteiger partial charge in [0.15, 0.2) is 0 Å². The lowest BCUT2D eigenvalue weighted by atomic mass is 9.86. The van der Waals surface area contributed by atoms with E-state index in [1.807, 2.05) is 24.3 Å². The molecule has 2 aromatic heterocycles. The van der Waals surface area contributed by atoms with Gasteiger partial charge < -0.3 is 9.32 Å². The van der Waals surface area contributed by atoms with Gasteiger partial charge in [-0.15, -0.1) is 0 Å². The van der Waals surface area contributed by atoms with Crippen LogP contribution in [0.4, 0.5) is 4.79 Å². The molecule has 0 aliphatic carbocycles. The lowest BCUT2D eigenvalue weighted by molar-refractivity contribution is -0.135. The van der Waals surface area contributed by atoms with Crippen molar-refractivity contribution in [3.05, 3.63) is 54.2 Å². The van der Waals surface area contributed by atoms with Gasteiger partial charge in [0.2, 0.25) is 0 Å². The summed E-state index contributed by atoms with van der Waals surface area (Å²) < 4.78 is 5.41. The predicted molar refractivity (Wildman–Crippen MR) is 93.9 cm³/mol. The van der Waals surface area contributed by atoms with Gasteiger partial charge in [-0.2, -0.15) is 0 Å². The minimum absolute atomic E-state index is 0.0912. The molecule has 2 fully saturated rings. The van der Waals surface area contributed by atoms with Crippen molar-refractivity contribution in [1.82, 2.24) is 19.7 Å². The van der Waals surface area contributed by atoms with Crippen LogP contribution >= 0.6 is 0 Å². The number of carbonyl (C=O) groups excluding carboxylic acids is 2. The minimum atomic E-state index is -0.723. The monoisotopic (exact) mass is 354 g/mol. The van der Waals surface area contributed by atoms with Gasteiger partial charge in [0.1, 0.15) is 11.3 Å². The number of rotatable bonds is 4. The first-order chi connectivity index (χ1) is 12.6. The zero-order valence-corrected chi connectivity index (χ0v) is 14.8. The lowest BCUT2D eigenvalue weighted by Gasteiger charge is -2.40. The fraction of sp³-hybridized carbons (Fsp3) is 0.421. The van der Waals surface area contributed by atoms with Crippen LogP contribution < -0.4 is 0 Å². The van der Waals surface area contributed by atoms with Gasteiger partial charge in [-0.25, -0.2) is 4.79 Å². The molecule has 7 heteroatoms. The highest BCUT2D eigenvalue weighted by molar-refractivity contribution is 6.06. The average molecular weight is 354 g/mol. The van der Waals surface area contributed by atoms with Crippen molar-refractivity contribution in [3.63, 3.8) is 0 Å². The van der Waals surface area contributed by atoms with Crippen LogP contribution in [-0.2, 0) is 17.9 Å². The molecule has 0 aromatic carbocycles. The van der Waals surface area contributed by atoms with Crippen LogP contribution in [0.3, 0.4) is 0 Å². The van der Waals surface area contributed by atoms with E-state index in [0.717, 1.165) is 31.0 Å². The maximum absolute atomic E-state index is 13.1. The van der Waals surface area contributed by atoms with Crippen LogP contribution in [0.2, 0.25) is 0 Å². The summed E-state index contributed by atoms with van der Waals surface area (Å²) in [4.78, 5) is 35.2. The number of likely N-dealkylation sites (tertiary alicyclic amines) is 1. The molecule has 0 saturated carbocycles. The number of carbonyl (C=O) groups is 2. The van der Waals surface area contributed by atoms with Crippen LogP contribution in [0.1, 0.15) is 24.2 Å². The number of piperidine rings is 1. The first-order valence-corrected chi connectivity index (χ1v) is 8.83. The number of aromatic nitrogens is 1. The van der Waals surface area contributed by atoms with Gasteiger partial charge in [0, 0.05) is 32.5 Å². The molecule has 0 unspecified atom stereocenters. The summed E-state index contributed by atoms with van der Waals surface area (Å²) in [6.45, 7) is 2.51. The Morgan fingerprint density at radius 3 is 2.62 bits per heavy atom. The molecule has 0 radical (unpaired) electrons. The van der Waals surface area contributed by atoms with Gasteiger partial charge in [0.25, 0.3) is 5.91 Å². The second-order valence-electron chi connectivity index (χ2n) is 6.98. The Kier molecular flexibility index (Phi) is 4.24. The number of amides is 3. The maximum atomic E-state index is 13.1. The Bertz CT molecular complexity index is 782. The maximum Gasteiger partial charge on any atom is 0.327 e. The number of nitrogens with zero attached hydrogens (tertiary/aromatic N) is 4. The van der Waals surface area contributed by atoms with E-state index in [2.05, 4.69) is 9.88 Å². The van der Waals surface area contributed by atoms with Crippen LogP contribution in [0.25, 0.3) is 0 Å². The number of likely N-dealkylation sites (N-methyl/N-ethyl adjacent to an activating group) is 1. The number of imide groups is 1. The molecular formula is C19H22N4O3. The predicted octanol–water partition coefficient (Wildman–Crippen LogP) is 2.10. The largest absolute Gasteiger partial charge is 0.468 e. The summed E-state index contributed by atoms with van der Waals surface area (Å²) in [6.07, 6.45) is 6.32. The van der Waals surface area contributed by atoms with Crippen molar-refractivity contribution in [3.8, 4) is 0 Å². The normalized spacial score (nSPS) is 20.3. The van der Waals surface area contributed by atoms with Gasteiger partial charge in [-0.3, -0.25) is 19.6 Å². The van der Waals surface area contributed by atoms with E-state index in [-0.39, 0.29) is 18.5 Å². The van der Waals surface area contributed by atoms with E-state index >= 15 is 0 Å². The highest BCUT2D eigenvalue weighted by Crippen LogP contribution is 2.37. The van der Waals surface area contributed by atoms with Crippen LogP contribution in [0.5, 0.6) is 0 Å². The Morgan fingerprint density at radius 1 is 1.15 bits per heavy atom. The Labute approximate surface area is 152 Å². The summed E-state index contributed by atoms with van der Waals surface area (Å²) in [5.41, 5.74) is 0.133. The molecule has 0 bridgehead atoms. The molecule has 0 atom stereocenters. The fourth-order valence-corrected chi connectivity index (χ4v) is 3.91. The van der Waals surface area contributed by atoms with Crippen LogP contribution in [-0.4, -0.2) is 57.3 Å². The van der Waals surface area contributed by atoms with Crippen molar-refractivity contribution in [2.24, 2.45) is 0 Å². The quantitative estimate of drug-likeness (QED) is 0.787. The summed E-state index contributed by atoms with van der Waals surface area (Å²) in [7, 11) is 1.74. The Balaban J connectivity index is 1.46. The van der Waals surface area contributed by atoms with E-state index < -0.39 is 5.54 Å². The molecule has 1 spiro atoms. The molecule has 2 saturated heterocycles. The number of pyridine rings is 1. The van der Waals surface area contributed by atoms with Crippen molar-refractivity contribution in [1.29, 1.82) is 0 Å². The smallest absolute Gasteiger partial charge is 0.327 e. The van der Waals surface area contributed by atoms with E-state index in [9.17, 15) is 9.59 Å². The van der Waals surface area contributed by atoms with Gasteiger partial charge >= 0.3 is 6.03 Å². The Morgan fingerprint density at radius 2 is 1.96 bits per heavy atom. The molecule has 2 aromatic rings. The van der Waals surface area contributed by atoms with E-state index in [1.54, 1.807) is 30.6 Å². The standard InChI is InChI=1S/C19H22N4O3/c1-21-18(25)23(13-15-4-2-8-20-12-15)17(24)19(21)6-9-22(10-7-19)14-16-5-3-11-26-16/h2-5,8,11-12H,6-7,9-10,13-14H2,1H3. The van der Waals surface area contributed by atoms with E-state index in [1.165, 1.54) is 4.90 Å². The average Bonchev–Trinajstić information content (AvgIpc) is 3.23. The van der Waals surface area contributed by atoms with Gasteiger partial charge in [0.05, 0.1) is 19.4 Å². The summed E-state index contributed by atoms with van der Waals surface area (Å²) in [5, 5.41) is 0. The second kappa shape index (κ2) is 6.57. The van der Waals surface area contributed by atoms with Crippen molar-refractivity contribution in [2.45, 2.75) is 31.5 Å². The molecule has 2 aliphatic heterocycles. The highest BCUT2D eigenvalue weighted by atomic mass is 16.3. The molecule has 2 aliphatic rings. The van der Waals surface area contributed by atoms with Crippen molar-refractivity contribution < 1.29 is 14.0 Å². The fourth-order valence-electron chi connectivity index (χ4n) is 3.91. The zero-order valence-electron chi connectivity index (χ0n) is 14.8. The highest BCUT2D eigenvalue weighted by Gasteiger charge is 2.56. The van der Waals surface area contributed by atoms with Crippen LogP contribution in [0, 0.1) is 0 Å². The van der Waals surface area contributed by atoms with Gasteiger partial charge in [-0.05, 0) is 36.6 Å². The molecule has 26 heavy (non-hydrogen) atoms. The van der Waals surface area contributed by atoms with Crippen molar-refractivity contribution >= 4 is 11.9 Å². The lowest BCUT2D eigenvalue weighted by Crippen LogP contribution is -2.55. The minimum Gasteiger partial charge on any atom is -0.468 e. The third-order valence-electron chi connectivity index (χ3n) is 5.51. The number of hydrogen-bond acceptors (Lipinski definition) is 5. The zero-order chi connectivity index (χ0) is 18.1. The third kappa shape index (κ3) is 2.78. The van der Waals surface area contributed by atoms with Gasteiger partial charge in [-0.1, -0.05) is 6.07 Å². The van der Waals surface area contributed by atoms with E-state index in [0.29, 0.717) is 12.8 Å². The van der Waals surface area contributed by atoms with Crippen LogP contribution in [0.15, 0.2) is 47.3 Å².